The van der Waals surface area contributed by atoms with Crippen molar-refractivity contribution >= 4 is 16.8 Å². The summed E-state index contributed by atoms with van der Waals surface area (Å²) in [4.78, 5) is 36.1. The smallest absolute Gasteiger partial charge is 0.258 e. The maximum Gasteiger partial charge on any atom is 0.258 e. The SMILES string of the molecule is CN1CCN(C(=O)c2ccc(-n3cc(-c4cc5ccncc5[nH]c4=O)nn3)cc2)CC1. The van der Waals surface area contributed by atoms with Gasteiger partial charge < -0.3 is 14.8 Å². The Kier molecular flexibility index (Phi) is 4.79. The van der Waals surface area contributed by atoms with Gasteiger partial charge in [0.25, 0.3) is 11.5 Å². The van der Waals surface area contributed by atoms with Crippen LogP contribution in [-0.4, -0.2) is 73.9 Å². The zero-order valence-corrected chi connectivity index (χ0v) is 17.0. The van der Waals surface area contributed by atoms with Gasteiger partial charge in [0.2, 0.25) is 0 Å². The standard InChI is InChI=1S/C22H21N7O2/c1-27-8-10-28(11-9-27)22(31)15-2-4-17(5-3-15)29-14-20(25-26-29)18-12-16-6-7-23-13-19(16)24-21(18)30/h2-7,12-14H,8-11H2,1H3,(H,24,30). The minimum Gasteiger partial charge on any atom is -0.336 e. The summed E-state index contributed by atoms with van der Waals surface area (Å²) in [6, 6.07) is 10.9. The number of pyridine rings is 2. The lowest BCUT2D eigenvalue weighted by Crippen LogP contribution is -2.47. The third-order valence-corrected chi connectivity index (χ3v) is 5.59. The van der Waals surface area contributed by atoms with Crippen molar-refractivity contribution < 1.29 is 4.79 Å². The van der Waals surface area contributed by atoms with Crippen LogP contribution in [0.5, 0.6) is 0 Å². The zero-order valence-electron chi connectivity index (χ0n) is 17.0. The molecule has 9 heteroatoms. The van der Waals surface area contributed by atoms with Crippen molar-refractivity contribution in [1.29, 1.82) is 0 Å². The van der Waals surface area contributed by atoms with E-state index in [-0.39, 0.29) is 11.5 Å². The summed E-state index contributed by atoms with van der Waals surface area (Å²) >= 11 is 0. The summed E-state index contributed by atoms with van der Waals surface area (Å²) in [5, 5.41) is 9.19. The number of H-pyrrole nitrogens is 1. The van der Waals surface area contributed by atoms with Crippen LogP contribution in [0, 0.1) is 0 Å². The number of aromatic amines is 1. The number of piperazine rings is 1. The van der Waals surface area contributed by atoms with E-state index in [1.165, 1.54) is 0 Å². The van der Waals surface area contributed by atoms with Crippen LogP contribution >= 0.6 is 0 Å². The van der Waals surface area contributed by atoms with Gasteiger partial charge in [-0.25, -0.2) is 4.68 Å². The summed E-state index contributed by atoms with van der Waals surface area (Å²) in [6.07, 6.45) is 4.99. The Morgan fingerprint density at radius 1 is 1.06 bits per heavy atom. The fourth-order valence-corrected chi connectivity index (χ4v) is 3.70. The second kappa shape index (κ2) is 7.77. The fourth-order valence-electron chi connectivity index (χ4n) is 3.70. The van der Waals surface area contributed by atoms with Crippen molar-refractivity contribution in [3.63, 3.8) is 0 Å². The first-order valence-electron chi connectivity index (χ1n) is 10.1. The van der Waals surface area contributed by atoms with E-state index >= 15 is 0 Å². The average Bonchev–Trinajstić information content (AvgIpc) is 3.29. The van der Waals surface area contributed by atoms with Crippen LogP contribution in [0.1, 0.15) is 10.4 Å². The lowest BCUT2D eigenvalue weighted by atomic mass is 10.1. The van der Waals surface area contributed by atoms with Crippen LogP contribution in [0.3, 0.4) is 0 Å². The Bertz CT molecular complexity index is 1300. The quantitative estimate of drug-likeness (QED) is 0.545. The van der Waals surface area contributed by atoms with Crippen LogP contribution in [0.2, 0.25) is 0 Å². The van der Waals surface area contributed by atoms with E-state index in [4.69, 9.17) is 0 Å². The van der Waals surface area contributed by atoms with Crippen molar-refractivity contribution in [2.24, 2.45) is 0 Å². The van der Waals surface area contributed by atoms with Crippen LogP contribution in [0.15, 0.2) is 59.8 Å². The zero-order chi connectivity index (χ0) is 21.4. The number of fused-ring (bicyclic) bond motifs is 1. The molecule has 1 fully saturated rings. The molecule has 31 heavy (non-hydrogen) atoms. The number of hydrogen-bond donors (Lipinski definition) is 1. The van der Waals surface area contributed by atoms with Crippen molar-refractivity contribution in [2.75, 3.05) is 33.2 Å². The van der Waals surface area contributed by atoms with E-state index in [9.17, 15) is 9.59 Å². The van der Waals surface area contributed by atoms with Crippen molar-refractivity contribution in [3.05, 3.63) is 70.9 Å². The summed E-state index contributed by atoms with van der Waals surface area (Å²) in [6.45, 7) is 3.24. The summed E-state index contributed by atoms with van der Waals surface area (Å²) in [5.74, 6) is 0.0381. The molecule has 0 radical (unpaired) electrons. The van der Waals surface area contributed by atoms with Gasteiger partial charge in [-0.1, -0.05) is 5.21 Å². The molecule has 4 heterocycles. The number of hydrogen-bond acceptors (Lipinski definition) is 6. The number of aromatic nitrogens is 5. The molecule has 1 aliphatic rings. The molecule has 0 spiro atoms. The first-order chi connectivity index (χ1) is 15.1. The first kappa shape index (κ1) is 19.1. The Morgan fingerprint density at radius 3 is 2.61 bits per heavy atom. The summed E-state index contributed by atoms with van der Waals surface area (Å²) in [5.41, 5.74) is 2.73. The third kappa shape index (κ3) is 3.71. The molecule has 5 rings (SSSR count). The molecule has 1 aromatic carbocycles. The number of rotatable bonds is 3. The van der Waals surface area contributed by atoms with Gasteiger partial charge in [-0.15, -0.1) is 5.10 Å². The van der Waals surface area contributed by atoms with Gasteiger partial charge in [-0.05, 0) is 43.4 Å². The summed E-state index contributed by atoms with van der Waals surface area (Å²) in [7, 11) is 2.06. The Labute approximate surface area is 177 Å². The molecule has 1 amide bonds. The normalized spacial score (nSPS) is 14.8. The van der Waals surface area contributed by atoms with E-state index in [0.717, 1.165) is 37.3 Å². The van der Waals surface area contributed by atoms with Crippen LogP contribution in [0.25, 0.3) is 27.8 Å². The van der Waals surface area contributed by atoms with Crippen molar-refractivity contribution in [3.8, 4) is 16.9 Å². The molecular formula is C22H21N7O2. The molecule has 0 aliphatic carbocycles. The minimum absolute atomic E-state index is 0.0381. The number of carbonyl (C=O) groups is 1. The average molecular weight is 415 g/mol. The van der Waals surface area contributed by atoms with Crippen molar-refractivity contribution in [2.45, 2.75) is 0 Å². The van der Waals surface area contributed by atoms with Crippen LogP contribution < -0.4 is 5.56 Å². The van der Waals surface area contributed by atoms with Gasteiger partial charge in [0.15, 0.2) is 0 Å². The predicted octanol–water partition coefficient (Wildman–Crippen LogP) is 1.56. The Morgan fingerprint density at radius 2 is 1.84 bits per heavy atom. The number of amides is 1. The molecule has 156 valence electrons. The van der Waals surface area contributed by atoms with E-state index in [0.29, 0.717) is 22.3 Å². The highest BCUT2D eigenvalue weighted by atomic mass is 16.2. The van der Waals surface area contributed by atoms with Gasteiger partial charge in [0.1, 0.15) is 5.69 Å². The highest BCUT2D eigenvalue weighted by Gasteiger charge is 2.20. The van der Waals surface area contributed by atoms with Crippen LogP contribution in [-0.2, 0) is 0 Å². The molecule has 0 unspecified atom stereocenters. The fraction of sp³-hybridized carbons (Fsp3) is 0.227. The lowest BCUT2D eigenvalue weighted by molar-refractivity contribution is 0.0664. The number of likely N-dealkylation sites (N-methyl/N-ethyl adjacent to an activating group) is 1. The third-order valence-electron chi connectivity index (χ3n) is 5.59. The maximum atomic E-state index is 12.7. The Balaban J connectivity index is 1.38. The second-order valence-electron chi connectivity index (χ2n) is 7.67. The highest BCUT2D eigenvalue weighted by molar-refractivity contribution is 5.94. The molecule has 0 atom stereocenters. The molecule has 0 bridgehead atoms. The second-order valence-corrected chi connectivity index (χ2v) is 7.67. The van der Waals surface area contributed by atoms with E-state index in [1.807, 2.05) is 23.1 Å². The van der Waals surface area contributed by atoms with E-state index in [2.05, 4.69) is 32.2 Å². The van der Waals surface area contributed by atoms with E-state index < -0.39 is 0 Å². The molecule has 4 aromatic rings. The van der Waals surface area contributed by atoms with Gasteiger partial charge in [-0.2, -0.15) is 0 Å². The van der Waals surface area contributed by atoms with Crippen molar-refractivity contribution in [1.82, 2.24) is 34.8 Å². The monoisotopic (exact) mass is 415 g/mol. The van der Waals surface area contributed by atoms with Gasteiger partial charge >= 0.3 is 0 Å². The maximum absolute atomic E-state index is 12.7. The highest BCUT2D eigenvalue weighted by Crippen LogP contribution is 2.19. The molecule has 3 aromatic heterocycles. The molecule has 1 N–H and O–H groups in total. The van der Waals surface area contributed by atoms with Gasteiger partial charge in [0.05, 0.1) is 29.2 Å². The lowest BCUT2D eigenvalue weighted by Gasteiger charge is -2.32. The molecular weight excluding hydrogens is 394 g/mol. The largest absolute Gasteiger partial charge is 0.336 e. The number of nitrogens with one attached hydrogen (secondary N) is 1. The van der Waals surface area contributed by atoms with Gasteiger partial charge in [-0.3, -0.25) is 14.6 Å². The molecule has 1 saturated heterocycles. The number of nitrogens with zero attached hydrogens (tertiary/aromatic N) is 6. The number of benzene rings is 1. The van der Waals surface area contributed by atoms with Gasteiger partial charge in [0, 0.05) is 43.3 Å². The predicted molar refractivity (Wildman–Crippen MR) is 116 cm³/mol. The topological polar surface area (TPSA) is 100 Å². The minimum atomic E-state index is -0.249. The first-order valence-corrected chi connectivity index (χ1v) is 10.1. The molecule has 0 saturated carbocycles. The Hall–Kier alpha value is -3.85. The molecule has 1 aliphatic heterocycles. The van der Waals surface area contributed by atoms with Crippen LogP contribution in [0.4, 0.5) is 0 Å². The number of carbonyl (C=O) groups excluding carboxylic acids is 1. The summed E-state index contributed by atoms with van der Waals surface area (Å²) < 4.78 is 1.59. The van der Waals surface area contributed by atoms with E-state index in [1.54, 1.807) is 41.5 Å². The molecule has 9 nitrogen and oxygen atoms in total.